The molecular formula is C16H21BrF2N2OS. The lowest BCUT2D eigenvalue weighted by molar-refractivity contribution is -0.121. The van der Waals surface area contributed by atoms with E-state index in [1.165, 1.54) is 11.8 Å². The van der Waals surface area contributed by atoms with Gasteiger partial charge in [0.05, 0.1) is 11.8 Å². The summed E-state index contributed by atoms with van der Waals surface area (Å²) in [6.07, 6.45) is -0.828. The van der Waals surface area contributed by atoms with Gasteiger partial charge in [-0.2, -0.15) is 0 Å². The molecule has 1 aliphatic rings. The fourth-order valence-electron chi connectivity index (χ4n) is 2.54. The second-order valence-electron chi connectivity index (χ2n) is 5.69. The van der Waals surface area contributed by atoms with Crippen LogP contribution in [0.15, 0.2) is 33.6 Å². The predicted octanol–water partition coefficient (Wildman–Crippen LogP) is 3.78. The molecule has 23 heavy (non-hydrogen) atoms. The molecule has 1 amide bonds. The molecule has 1 aliphatic heterocycles. The monoisotopic (exact) mass is 406 g/mol. The second kappa shape index (κ2) is 8.99. The molecule has 128 valence electrons. The molecule has 0 bridgehead atoms. The largest absolute Gasteiger partial charge is 0.352 e. The number of hydrogen-bond donors (Lipinski definition) is 1. The van der Waals surface area contributed by atoms with E-state index in [1.54, 1.807) is 4.90 Å². The van der Waals surface area contributed by atoms with Gasteiger partial charge in [-0.15, -0.1) is 11.8 Å². The molecule has 0 saturated carbocycles. The number of piperidine rings is 1. The second-order valence-corrected chi connectivity index (χ2v) is 8.02. The molecule has 1 heterocycles. The third kappa shape index (κ3) is 6.39. The van der Waals surface area contributed by atoms with Crippen molar-refractivity contribution in [3.63, 3.8) is 0 Å². The van der Waals surface area contributed by atoms with Crippen LogP contribution in [0.1, 0.15) is 19.8 Å². The fraction of sp³-hybridized carbons (Fsp3) is 0.562. The molecule has 0 aliphatic carbocycles. The van der Waals surface area contributed by atoms with Crippen LogP contribution in [-0.2, 0) is 4.79 Å². The molecule has 1 aromatic rings. The summed E-state index contributed by atoms with van der Waals surface area (Å²) in [5.74, 6) is 0.00484. The lowest BCUT2D eigenvalue weighted by atomic mass is 10.0. The van der Waals surface area contributed by atoms with E-state index in [0.29, 0.717) is 13.1 Å². The molecular weight excluding hydrogens is 386 g/mol. The molecule has 1 fully saturated rings. The Hall–Kier alpha value is -0.660. The summed E-state index contributed by atoms with van der Waals surface area (Å²) in [4.78, 5) is 15.1. The topological polar surface area (TPSA) is 32.3 Å². The Morgan fingerprint density at radius 1 is 1.35 bits per heavy atom. The van der Waals surface area contributed by atoms with E-state index in [9.17, 15) is 13.6 Å². The minimum absolute atomic E-state index is 0.00484. The summed E-state index contributed by atoms with van der Waals surface area (Å²) < 4.78 is 25.7. The summed E-state index contributed by atoms with van der Waals surface area (Å²) in [5, 5.41) is 2.86. The van der Waals surface area contributed by atoms with Gasteiger partial charge in [-0.25, -0.2) is 8.78 Å². The van der Waals surface area contributed by atoms with Crippen molar-refractivity contribution in [2.24, 2.45) is 0 Å². The third-order valence-electron chi connectivity index (χ3n) is 3.83. The Labute approximate surface area is 148 Å². The van der Waals surface area contributed by atoms with E-state index in [1.807, 2.05) is 31.2 Å². The number of rotatable bonds is 6. The standard InChI is InChI=1S/C16H21BrF2N2OS/c1-11(23-14-4-2-12(17)3-5-14)16(22)20-13-6-8-21(9-7-13)10-15(18)19/h2-5,11,13,15H,6-10H2,1H3,(H,20,22). The van der Waals surface area contributed by atoms with Gasteiger partial charge in [0.25, 0.3) is 6.43 Å². The number of carbonyl (C=O) groups is 1. The summed E-state index contributed by atoms with van der Waals surface area (Å²) in [6, 6.07) is 7.93. The molecule has 0 aromatic heterocycles. The zero-order valence-electron chi connectivity index (χ0n) is 13.0. The maximum absolute atomic E-state index is 12.3. The average Bonchev–Trinajstić information content (AvgIpc) is 2.51. The minimum atomic E-state index is -2.29. The van der Waals surface area contributed by atoms with Crippen LogP contribution in [0.2, 0.25) is 0 Å². The number of amides is 1. The molecule has 2 rings (SSSR count). The Balaban J connectivity index is 1.75. The maximum Gasteiger partial charge on any atom is 0.251 e. The zero-order chi connectivity index (χ0) is 16.8. The van der Waals surface area contributed by atoms with Gasteiger partial charge in [-0.1, -0.05) is 15.9 Å². The van der Waals surface area contributed by atoms with Crippen molar-refractivity contribution in [1.82, 2.24) is 10.2 Å². The first-order chi connectivity index (χ1) is 10.9. The van der Waals surface area contributed by atoms with Gasteiger partial charge in [-0.05, 0) is 44.0 Å². The number of hydrogen-bond acceptors (Lipinski definition) is 3. The highest BCUT2D eigenvalue weighted by atomic mass is 79.9. The fourth-order valence-corrected chi connectivity index (χ4v) is 3.69. The quantitative estimate of drug-likeness (QED) is 0.729. The summed E-state index contributed by atoms with van der Waals surface area (Å²) in [7, 11) is 0. The van der Waals surface area contributed by atoms with E-state index in [4.69, 9.17) is 0 Å². The van der Waals surface area contributed by atoms with Gasteiger partial charge in [0.2, 0.25) is 5.91 Å². The highest BCUT2D eigenvalue weighted by Crippen LogP contribution is 2.25. The smallest absolute Gasteiger partial charge is 0.251 e. The van der Waals surface area contributed by atoms with Crippen LogP contribution in [0.5, 0.6) is 0 Å². The Morgan fingerprint density at radius 2 is 1.96 bits per heavy atom. The molecule has 3 nitrogen and oxygen atoms in total. The van der Waals surface area contributed by atoms with Crippen molar-refractivity contribution in [1.29, 1.82) is 0 Å². The van der Waals surface area contributed by atoms with E-state index < -0.39 is 6.43 Å². The van der Waals surface area contributed by atoms with Gasteiger partial charge < -0.3 is 5.32 Å². The summed E-state index contributed by atoms with van der Waals surface area (Å²) in [5.41, 5.74) is 0. The van der Waals surface area contributed by atoms with Gasteiger partial charge in [0.15, 0.2) is 0 Å². The van der Waals surface area contributed by atoms with Crippen LogP contribution >= 0.6 is 27.7 Å². The normalized spacial score (nSPS) is 18.1. The molecule has 7 heteroatoms. The van der Waals surface area contributed by atoms with Gasteiger partial charge in [0.1, 0.15) is 0 Å². The first-order valence-corrected chi connectivity index (χ1v) is 9.34. The van der Waals surface area contributed by atoms with E-state index in [2.05, 4.69) is 21.2 Å². The van der Waals surface area contributed by atoms with Gasteiger partial charge in [-0.3, -0.25) is 9.69 Å². The van der Waals surface area contributed by atoms with Gasteiger partial charge in [0, 0.05) is 28.5 Å². The average molecular weight is 407 g/mol. The number of halogens is 3. The zero-order valence-corrected chi connectivity index (χ0v) is 15.4. The van der Waals surface area contributed by atoms with Gasteiger partial charge >= 0.3 is 0 Å². The number of thioether (sulfide) groups is 1. The molecule has 1 N–H and O–H groups in total. The van der Waals surface area contributed by atoms with Crippen LogP contribution in [-0.4, -0.2) is 48.2 Å². The molecule has 1 aromatic carbocycles. The maximum atomic E-state index is 12.3. The number of carbonyl (C=O) groups excluding carboxylic acids is 1. The minimum Gasteiger partial charge on any atom is -0.352 e. The van der Waals surface area contributed by atoms with Crippen LogP contribution < -0.4 is 5.32 Å². The lowest BCUT2D eigenvalue weighted by Gasteiger charge is -2.32. The SMILES string of the molecule is CC(Sc1ccc(Br)cc1)C(=O)NC1CCN(CC(F)F)CC1. The number of nitrogens with zero attached hydrogens (tertiary/aromatic N) is 1. The van der Waals surface area contributed by atoms with Crippen molar-refractivity contribution in [2.45, 2.75) is 42.4 Å². The van der Waals surface area contributed by atoms with Crippen LogP contribution in [0.4, 0.5) is 8.78 Å². The Morgan fingerprint density at radius 3 is 2.52 bits per heavy atom. The number of benzene rings is 1. The van der Waals surface area contributed by atoms with Crippen LogP contribution in [0.3, 0.4) is 0 Å². The predicted molar refractivity (Wildman–Crippen MR) is 93.1 cm³/mol. The van der Waals surface area contributed by atoms with Crippen molar-refractivity contribution in [3.8, 4) is 0 Å². The van der Waals surface area contributed by atoms with Crippen LogP contribution in [0, 0.1) is 0 Å². The highest BCUT2D eigenvalue weighted by Gasteiger charge is 2.24. The lowest BCUT2D eigenvalue weighted by Crippen LogP contribution is -2.47. The van der Waals surface area contributed by atoms with Crippen molar-refractivity contribution in [3.05, 3.63) is 28.7 Å². The third-order valence-corrected chi connectivity index (χ3v) is 5.47. The number of alkyl halides is 2. The number of nitrogens with one attached hydrogen (secondary N) is 1. The van der Waals surface area contributed by atoms with E-state index in [0.717, 1.165) is 22.2 Å². The first-order valence-electron chi connectivity index (χ1n) is 7.67. The summed E-state index contributed by atoms with van der Waals surface area (Å²) in [6.45, 7) is 2.94. The summed E-state index contributed by atoms with van der Waals surface area (Å²) >= 11 is 4.90. The first kappa shape index (κ1) is 18.7. The van der Waals surface area contributed by atoms with Crippen LogP contribution in [0.25, 0.3) is 0 Å². The Kier molecular flexibility index (Phi) is 7.30. The highest BCUT2D eigenvalue weighted by molar-refractivity contribution is 9.10. The molecule has 0 spiro atoms. The molecule has 1 saturated heterocycles. The van der Waals surface area contributed by atoms with E-state index in [-0.39, 0.29) is 23.7 Å². The number of likely N-dealkylation sites (tertiary alicyclic amines) is 1. The van der Waals surface area contributed by atoms with Crippen molar-refractivity contribution < 1.29 is 13.6 Å². The van der Waals surface area contributed by atoms with Crippen molar-refractivity contribution >= 4 is 33.6 Å². The van der Waals surface area contributed by atoms with Crippen molar-refractivity contribution in [2.75, 3.05) is 19.6 Å². The molecule has 1 atom stereocenters. The molecule has 0 radical (unpaired) electrons. The van der Waals surface area contributed by atoms with E-state index >= 15 is 0 Å². The molecule has 1 unspecified atom stereocenters. The Bertz CT molecular complexity index is 507.